The lowest BCUT2D eigenvalue weighted by Gasteiger charge is -2.06. The maximum Gasteiger partial charge on any atom is 0.127 e. The molecule has 0 aromatic heterocycles. The molecule has 0 amide bonds. The SMILES string of the molecule is NNc1ccc(Oc2ccc(F)cc2)cc1. The Morgan fingerprint density at radius 2 is 1.38 bits per heavy atom. The fraction of sp³-hybridized carbons (Fsp3) is 0. The van der Waals surface area contributed by atoms with E-state index >= 15 is 0 Å². The fourth-order valence-electron chi connectivity index (χ4n) is 1.26. The predicted octanol–water partition coefficient (Wildman–Crippen LogP) is 2.90. The van der Waals surface area contributed by atoms with Gasteiger partial charge in [0.15, 0.2) is 0 Å². The van der Waals surface area contributed by atoms with Crippen LogP contribution in [-0.2, 0) is 0 Å². The third-order valence-corrected chi connectivity index (χ3v) is 2.07. The molecular formula is C12H11FN2O. The van der Waals surface area contributed by atoms with Crippen molar-refractivity contribution in [3.63, 3.8) is 0 Å². The number of rotatable bonds is 3. The molecule has 0 saturated heterocycles. The van der Waals surface area contributed by atoms with E-state index in [-0.39, 0.29) is 5.82 Å². The van der Waals surface area contributed by atoms with Gasteiger partial charge in [0.05, 0.1) is 0 Å². The average Bonchev–Trinajstić information content (AvgIpc) is 2.33. The number of nitrogens with one attached hydrogen (secondary N) is 1. The van der Waals surface area contributed by atoms with Crippen LogP contribution in [0.4, 0.5) is 10.1 Å². The van der Waals surface area contributed by atoms with Crippen LogP contribution in [0.1, 0.15) is 0 Å². The van der Waals surface area contributed by atoms with E-state index in [2.05, 4.69) is 5.43 Å². The highest BCUT2D eigenvalue weighted by Gasteiger charge is 1.97. The van der Waals surface area contributed by atoms with Crippen LogP contribution >= 0.6 is 0 Å². The fourth-order valence-corrected chi connectivity index (χ4v) is 1.26. The van der Waals surface area contributed by atoms with Crippen molar-refractivity contribution >= 4 is 5.69 Å². The molecule has 0 aliphatic rings. The summed E-state index contributed by atoms with van der Waals surface area (Å²) in [4.78, 5) is 0. The molecule has 2 aromatic rings. The van der Waals surface area contributed by atoms with Crippen LogP contribution in [0.25, 0.3) is 0 Å². The highest BCUT2D eigenvalue weighted by atomic mass is 19.1. The highest BCUT2D eigenvalue weighted by Crippen LogP contribution is 2.22. The first-order valence-electron chi connectivity index (χ1n) is 4.78. The number of nitrogens with two attached hydrogens (primary N) is 1. The summed E-state index contributed by atoms with van der Waals surface area (Å²) in [5, 5.41) is 0. The van der Waals surface area contributed by atoms with Crippen LogP contribution in [0.5, 0.6) is 11.5 Å². The zero-order chi connectivity index (χ0) is 11.4. The van der Waals surface area contributed by atoms with E-state index in [1.54, 1.807) is 36.4 Å². The van der Waals surface area contributed by atoms with Crippen molar-refractivity contribution in [2.24, 2.45) is 5.84 Å². The van der Waals surface area contributed by atoms with Crippen LogP contribution in [0.3, 0.4) is 0 Å². The summed E-state index contributed by atoms with van der Waals surface area (Å²) in [6.45, 7) is 0. The minimum absolute atomic E-state index is 0.282. The maximum atomic E-state index is 12.6. The van der Waals surface area contributed by atoms with Gasteiger partial charge in [-0.3, -0.25) is 5.84 Å². The Labute approximate surface area is 92.6 Å². The lowest BCUT2D eigenvalue weighted by atomic mass is 10.3. The van der Waals surface area contributed by atoms with Crippen LogP contribution in [0, 0.1) is 5.82 Å². The van der Waals surface area contributed by atoms with Gasteiger partial charge in [0, 0.05) is 5.69 Å². The molecule has 4 heteroatoms. The quantitative estimate of drug-likeness (QED) is 0.615. The second-order valence-electron chi connectivity index (χ2n) is 3.22. The average molecular weight is 218 g/mol. The molecule has 0 atom stereocenters. The molecule has 3 N–H and O–H groups in total. The number of benzene rings is 2. The van der Waals surface area contributed by atoms with Crippen LogP contribution in [0.2, 0.25) is 0 Å². The van der Waals surface area contributed by atoms with Crippen molar-refractivity contribution in [1.29, 1.82) is 0 Å². The van der Waals surface area contributed by atoms with E-state index in [1.165, 1.54) is 12.1 Å². The second-order valence-corrected chi connectivity index (χ2v) is 3.22. The highest BCUT2D eigenvalue weighted by molar-refractivity contribution is 5.46. The molecule has 0 aliphatic carbocycles. The molecule has 0 fully saturated rings. The van der Waals surface area contributed by atoms with Gasteiger partial charge < -0.3 is 10.2 Å². The Hall–Kier alpha value is -2.07. The van der Waals surface area contributed by atoms with Gasteiger partial charge in [-0.05, 0) is 48.5 Å². The molecule has 0 saturated carbocycles. The summed E-state index contributed by atoms with van der Waals surface area (Å²) in [5.41, 5.74) is 3.32. The second kappa shape index (κ2) is 4.63. The first-order chi connectivity index (χ1) is 7.78. The number of hydrogen-bond acceptors (Lipinski definition) is 3. The minimum atomic E-state index is -0.282. The molecule has 82 valence electrons. The predicted molar refractivity (Wildman–Crippen MR) is 60.7 cm³/mol. The topological polar surface area (TPSA) is 47.3 Å². The molecule has 0 bridgehead atoms. The first-order valence-corrected chi connectivity index (χ1v) is 4.78. The summed E-state index contributed by atoms with van der Waals surface area (Å²) in [6, 6.07) is 13.0. The van der Waals surface area contributed by atoms with Crippen molar-refractivity contribution in [3.8, 4) is 11.5 Å². The Morgan fingerprint density at radius 3 is 1.88 bits per heavy atom. The molecular weight excluding hydrogens is 207 g/mol. The van der Waals surface area contributed by atoms with Crippen molar-refractivity contribution in [2.75, 3.05) is 5.43 Å². The Morgan fingerprint density at radius 1 is 0.875 bits per heavy atom. The van der Waals surface area contributed by atoms with Crippen LogP contribution in [-0.4, -0.2) is 0 Å². The number of nitrogen functional groups attached to an aromatic ring is 1. The summed E-state index contributed by atoms with van der Waals surface area (Å²) < 4.78 is 18.1. The van der Waals surface area contributed by atoms with E-state index in [9.17, 15) is 4.39 Å². The molecule has 2 rings (SSSR count). The van der Waals surface area contributed by atoms with Gasteiger partial charge in [-0.15, -0.1) is 0 Å². The Balaban J connectivity index is 2.11. The van der Waals surface area contributed by atoms with Gasteiger partial charge in [-0.2, -0.15) is 0 Å². The van der Waals surface area contributed by atoms with Crippen LogP contribution in [0.15, 0.2) is 48.5 Å². The monoisotopic (exact) mass is 218 g/mol. The Bertz CT molecular complexity index is 453. The molecule has 16 heavy (non-hydrogen) atoms. The number of halogens is 1. The molecule has 0 spiro atoms. The van der Waals surface area contributed by atoms with E-state index < -0.39 is 0 Å². The molecule has 0 heterocycles. The standard InChI is InChI=1S/C12H11FN2O/c13-9-1-5-11(6-2-9)16-12-7-3-10(15-14)4-8-12/h1-8,15H,14H2. The lowest BCUT2D eigenvalue weighted by molar-refractivity contribution is 0.480. The molecule has 0 unspecified atom stereocenters. The number of ether oxygens (including phenoxy) is 1. The number of hydrazine groups is 1. The number of anilines is 1. The van der Waals surface area contributed by atoms with Gasteiger partial charge in [0.1, 0.15) is 17.3 Å². The summed E-state index contributed by atoms with van der Waals surface area (Å²) >= 11 is 0. The third kappa shape index (κ3) is 2.49. The summed E-state index contributed by atoms with van der Waals surface area (Å²) in [7, 11) is 0. The summed E-state index contributed by atoms with van der Waals surface area (Å²) in [5.74, 6) is 6.22. The third-order valence-electron chi connectivity index (χ3n) is 2.07. The van der Waals surface area contributed by atoms with Gasteiger partial charge in [-0.25, -0.2) is 4.39 Å². The van der Waals surface area contributed by atoms with Gasteiger partial charge >= 0.3 is 0 Å². The number of hydrogen-bond donors (Lipinski definition) is 2. The van der Waals surface area contributed by atoms with Gasteiger partial charge in [-0.1, -0.05) is 0 Å². The first kappa shape index (κ1) is 10.4. The van der Waals surface area contributed by atoms with Gasteiger partial charge in [0.2, 0.25) is 0 Å². The normalized spacial score (nSPS) is 9.88. The largest absolute Gasteiger partial charge is 0.457 e. The maximum absolute atomic E-state index is 12.6. The Kier molecular flexibility index (Phi) is 3.03. The minimum Gasteiger partial charge on any atom is -0.457 e. The molecule has 3 nitrogen and oxygen atoms in total. The van der Waals surface area contributed by atoms with E-state index in [0.717, 1.165) is 5.69 Å². The zero-order valence-electron chi connectivity index (χ0n) is 8.48. The van der Waals surface area contributed by atoms with Gasteiger partial charge in [0.25, 0.3) is 0 Å². The lowest BCUT2D eigenvalue weighted by Crippen LogP contribution is -2.05. The molecule has 0 radical (unpaired) electrons. The summed E-state index contributed by atoms with van der Waals surface area (Å²) in [6.07, 6.45) is 0. The van der Waals surface area contributed by atoms with E-state index in [0.29, 0.717) is 11.5 Å². The van der Waals surface area contributed by atoms with E-state index in [4.69, 9.17) is 10.6 Å². The van der Waals surface area contributed by atoms with Crippen molar-refractivity contribution in [1.82, 2.24) is 0 Å². The van der Waals surface area contributed by atoms with E-state index in [1.807, 2.05) is 0 Å². The van der Waals surface area contributed by atoms with Crippen molar-refractivity contribution in [2.45, 2.75) is 0 Å². The molecule has 0 aliphatic heterocycles. The van der Waals surface area contributed by atoms with Crippen LogP contribution < -0.4 is 16.0 Å². The van der Waals surface area contributed by atoms with Crippen molar-refractivity contribution < 1.29 is 9.13 Å². The zero-order valence-corrected chi connectivity index (χ0v) is 8.48. The molecule has 2 aromatic carbocycles. The smallest absolute Gasteiger partial charge is 0.127 e. The van der Waals surface area contributed by atoms with Crippen molar-refractivity contribution in [3.05, 3.63) is 54.3 Å².